The molecule has 0 saturated carbocycles. The minimum absolute atomic E-state index is 0.0575. The number of carbonyl (C=O) groups excluding carboxylic acids is 2. The number of carbonyl (C=O) groups is 2. The maximum Gasteiger partial charge on any atom is 0.253 e. The van der Waals surface area contributed by atoms with Crippen molar-refractivity contribution in [1.29, 1.82) is 0 Å². The number of rotatable bonds is 20. The molecule has 0 aliphatic rings. The van der Waals surface area contributed by atoms with E-state index < -0.39 is 44.0 Å². The van der Waals surface area contributed by atoms with Gasteiger partial charge in [-0.3, -0.25) is 9.59 Å². The van der Waals surface area contributed by atoms with Crippen LogP contribution in [0.25, 0.3) is 0 Å². The SMILES string of the molecule is CCCN(CC(O)C(Cc1ccccc1)NC(=O)c1cc(C(=O)N(CCC)CCC)cc(S(=O)(=O)N(C)C)c1)NS(=O)(=O)Cc1ccccc1. The highest BCUT2D eigenvalue weighted by atomic mass is 32.2. The van der Waals surface area contributed by atoms with E-state index in [9.17, 15) is 31.5 Å². The lowest BCUT2D eigenvalue weighted by atomic mass is 10.00. The van der Waals surface area contributed by atoms with Gasteiger partial charge >= 0.3 is 0 Å². The van der Waals surface area contributed by atoms with Crippen LogP contribution in [0.3, 0.4) is 0 Å². The van der Waals surface area contributed by atoms with E-state index in [4.69, 9.17) is 0 Å². The van der Waals surface area contributed by atoms with Gasteiger partial charge in [-0.25, -0.2) is 26.1 Å². The number of benzene rings is 3. The average molecular weight is 730 g/mol. The van der Waals surface area contributed by atoms with Crippen molar-refractivity contribution in [2.45, 2.75) is 69.2 Å². The van der Waals surface area contributed by atoms with Crippen molar-refractivity contribution in [2.75, 3.05) is 40.3 Å². The van der Waals surface area contributed by atoms with Gasteiger partial charge < -0.3 is 15.3 Å². The highest BCUT2D eigenvalue weighted by molar-refractivity contribution is 7.89. The topological polar surface area (TPSA) is 156 Å². The van der Waals surface area contributed by atoms with Crippen molar-refractivity contribution in [3.8, 4) is 0 Å². The van der Waals surface area contributed by atoms with E-state index in [2.05, 4.69) is 10.1 Å². The molecule has 3 aromatic rings. The zero-order valence-electron chi connectivity index (χ0n) is 29.6. The van der Waals surface area contributed by atoms with Gasteiger partial charge in [0, 0.05) is 51.4 Å². The molecule has 0 saturated heterocycles. The van der Waals surface area contributed by atoms with Crippen molar-refractivity contribution in [2.24, 2.45) is 0 Å². The zero-order chi connectivity index (χ0) is 36.9. The zero-order valence-corrected chi connectivity index (χ0v) is 31.2. The van der Waals surface area contributed by atoms with Crippen LogP contribution in [0.2, 0.25) is 0 Å². The molecule has 3 rings (SSSR count). The number of amides is 2. The minimum Gasteiger partial charge on any atom is -0.390 e. The number of nitrogens with one attached hydrogen (secondary N) is 2. The van der Waals surface area contributed by atoms with Gasteiger partial charge in [-0.15, -0.1) is 4.83 Å². The first kappa shape index (κ1) is 40.8. The molecule has 0 aliphatic carbocycles. The fourth-order valence-corrected chi connectivity index (χ4v) is 7.70. The number of hydrogen-bond acceptors (Lipinski definition) is 8. The molecule has 50 heavy (non-hydrogen) atoms. The molecule has 0 fully saturated rings. The third-order valence-electron chi connectivity index (χ3n) is 7.92. The third-order valence-corrected chi connectivity index (χ3v) is 11.0. The number of nitrogens with zero attached hydrogens (tertiary/aromatic N) is 3. The summed E-state index contributed by atoms with van der Waals surface area (Å²) in [6.45, 7) is 6.83. The Balaban J connectivity index is 1.97. The normalized spacial score (nSPS) is 13.3. The van der Waals surface area contributed by atoms with E-state index in [-0.39, 0.29) is 34.7 Å². The standard InChI is InChI=1S/C36H51N5O7S2/c1-6-19-40(20-7-2)36(44)31-23-30(24-32(25-31)50(47,48)39(4)5)35(43)37-33(22-28-15-11-9-12-16-28)34(42)26-41(21-8-3)38-49(45,46)27-29-17-13-10-14-18-29/h9-18,23-25,33-34,38,42H,6-8,19-22,26-27H2,1-5H3,(H,37,43). The maximum absolute atomic E-state index is 14.0. The molecule has 3 aromatic carbocycles. The Hall–Kier alpha value is -3.66. The molecule has 14 heteroatoms. The predicted octanol–water partition coefficient (Wildman–Crippen LogP) is 3.65. The van der Waals surface area contributed by atoms with Crippen LogP contribution >= 0.6 is 0 Å². The number of aliphatic hydroxyl groups is 1. The molecule has 0 bridgehead atoms. The van der Waals surface area contributed by atoms with Gasteiger partial charge in [0.1, 0.15) is 0 Å². The molecule has 274 valence electrons. The Kier molecular flexibility index (Phi) is 15.6. The van der Waals surface area contributed by atoms with Gasteiger partial charge in [0.15, 0.2) is 0 Å². The second-order valence-corrected chi connectivity index (χ2v) is 16.3. The fraction of sp³-hybridized carbons (Fsp3) is 0.444. The van der Waals surface area contributed by atoms with E-state index in [1.807, 2.05) is 51.1 Å². The molecule has 2 unspecified atom stereocenters. The quantitative estimate of drug-likeness (QED) is 0.149. The minimum atomic E-state index is -4.03. The van der Waals surface area contributed by atoms with Crippen molar-refractivity contribution in [3.05, 3.63) is 101 Å². The van der Waals surface area contributed by atoms with Crippen LogP contribution in [-0.4, -0.2) is 100 Å². The van der Waals surface area contributed by atoms with Crippen molar-refractivity contribution >= 4 is 31.9 Å². The van der Waals surface area contributed by atoms with Gasteiger partial charge in [-0.1, -0.05) is 81.4 Å². The smallest absolute Gasteiger partial charge is 0.253 e. The van der Waals surface area contributed by atoms with Gasteiger partial charge in [0.2, 0.25) is 20.0 Å². The molecule has 2 amide bonds. The first-order valence-corrected chi connectivity index (χ1v) is 20.0. The van der Waals surface area contributed by atoms with Crippen molar-refractivity contribution in [1.82, 2.24) is 24.4 Å². The lowest BCUT2D eigenvalue weighted by Crippen LogP contribution is -2.53. The van der Waals surface area contributed by atoms with E-state index in [0.717, 1.165) is 9.87 Å². The number of hydrogen-bond donors (Lipinski definition) is 3. The molecular formula is C36H51N5O7S2. The molecular weight excluding hydrogens is 679 g/mol. The lowest BCUT2D eigenvalue weighted by Gasteiger charge is -2.30. The predicted molar refractivity (Wildman–Crippen MR) is 195 cm³/mol. The Morgan fingerprint density at radius 1 is 0.760 bits per heavy atom. The number of aliphatic hydroxyl groups excluding tert-OH is 1. The summed E-state index contributed by atoms with van der Waals surface area (Å²) < 4.78 is 53.7. The van der Waals surface area contributed by atoms with Gasteiger partial charge in [0.25, 0.3) is 11.8 Å². The molecule has 0 aliphatic heterocycles. The Bertz CT molecular complexity index is 1750. The van der Waals surface area contributed by atoms with Crippen LogP contribution in [0.15, 0.2) is 83.8 Å². The summed E-state index contributed by atoms with van der Waals surface area (Å²) in [5.41, 5.74) is 1.40. The number of sulfonamides is 2. The van der Waals surface area contributed by atoms with Crippen LogP contribution in [0.4, 0.5) is 0 Å². The van der Waals surface area contributed by atoms with Crippen LogP contribution in [-0.2, 0) is 32.2 Å². The van der Waals surface area contributed by atoms with E-state index in [1.165, 1.54) is 37.3 Å². The monoisotopic (exact) mass is 729 g/mol. The summed E-state index contributed by atoms with van der Waals surface area (Å²) in [5, 5.41) is 15.9. The van der Waals surface area contributed by atoms with Crippen LogP contribution < -0.4 is 10.1 Å². The largest absolute Gasteiger partial charge is 0.390 e. The summed E-state index contributed by atoms with van der Waals surface area (Å²) in [4.78, 5) is 31.6. The molecule has 3 N–H and O–H groups in total. The third kappa shape index (κ3) is 12.0. The second-order valence-electron chi connectivity index (χ2n) is 12.4. The molecule has 0 radical (unpaired) electrons. The second kappa shape index (κ2) is 19.1. The molecule has 0 aromatic heterocycles. The first-order chi connectivity index (χ1) is 23.7. The highest BCUT2D eigenvalue weighted by Gasteiger charge is 2.29. The maximum atomic E-state index is 14.0. The Morgan fingerprint density at radius 2 is 1.30 bits per heavy atom. The van der Waals surface area contributed by atoms with Crippen molar-refractivity contribution < 1.29 is 31.5 Å². The van der Waals surface area contributed by atoms with E-state index in [1.54, 1.807) is 35.2 Å². The van der Waals surface area contributed by atoms with Gasteiger partial charge in [-0.2, -0.15) is 0 Å². The molecule has 0 heterocycles. The molecule has 0 spiro atoms. The van der Waals surface area contributed by atoms with E-state index in [0.29, 0.717) is 44.5 Å². The summed E-state index contributed by atoms with van der Waals surface area (Å²) in [6, 6.07) is 20.9. The summed E-state index contributed by atoms with van der Waals surface area (Å²) >= 11 is 0. The van der Waals surface area contributed by atoms with E-state index >= 15 is 0 Å². The fourth-order valence-electron chi connectivity index (χ4n) is 5.47. The average Bonchev–Trinajstić information content (AvgIpc) is 3.07. The Labute approximate surface area is 297 Å². The molecule has 12 nitrogen and oxygen atoms in total. The molecule has 2 atom stereocenters. The number of hydrazine groups is 1. The highest BCUT2D eigenvalue weighted by Crippen LogP contribution is 2.21. The summed E-state index contributed by atoms with van der Waals surface area (Å²) in [7, 11) is -5.12. The Morgan fingerprint density at radius 3 is 1.84 bits per heavy atom. The lowest BCUT2D eigenvalue weighted by molar-refractivity contribution is 0.0618. The van der Waals surface area contributed by atoms with Crippen molar-refractivity contribution in [3.63, 3.8) is 0 Å². The van der Waals surface area contributed by atoms with Crippen LogP contribution in [0.5, 0.6) is 0 Å². The van der Waals surface area contributed by atoms with Crippen LogP contribution in [0.1, 0.15) is 71.9 Å². The van der Waals surface area contributed by atoms with Gasteiger partial charge in [0.05, 0.1) is 22.8 Å². The summed E-state index contributed by atoms with van der Waals surface area (Å²) in [6.07, 6.45) is 0.904. The van der Waals surface area contributed by atoms with Crippen LogP contribution in [0, 0.1) is 0 Å². The van der Waals surface area contributed by atoms with Gasteiger partial charge in [-0.05, 0) is 55.0 Å². The summed E-state index contributed by atoms with van der Waals surface area (Å²) in [5.74, 6) is -1.34. The first-order valence-electron chi connectivity index (χ1n) is 16.9.